The summed E-state index contributed by atoms with van der Waals surface area (Å²) in [6.45, 7) is 4.12. The summed E-state index contributed by atoms with van der Waals surface area (Å²) >= 11 is 0. The van der Waals surface area contributed by atoms with E-state index in [2.05, 4.69) is 50.2 Å². The van der Waals surface area contributed by atoms with Crippen LogP contribution in [0.4, 0.5) is 0 Å². The lowest BCUT2D eigenvalue weighted by Crippen LogP contribution is -1.99. The van der Waals surface area contributed by atoms with Crippen molar-refractivity contribution in [3.63, 3.8) is 0 Å². The highest BCUT2D eigenvalue weighted by molar-refractivity contribution is 7.83. The Hall–Kier alpha value is -1.41. The van der Waals surface area contributed by atoms with Crippen LogP contribution in [0.3, 0.4) is 0 Å². The van der Waals surface area contributed by atoms with E-state index in [-0.39, 0.29) is 0 Å². The molecule has 0 spiro atoms. The Morgan fingerprint density at radius 1 is 0.833 bits per heavy atom. The normalized spacial score (nSPS) is 12.3. The van der Waals surface area contributed by atoms with Gasteiger partial charge in [-0.2, -0.15) is 0 Å². The van der Waals surface area contributed by atoms with Crippen LogP contribution in [0.1, 0.15) is 22.3 Å². The summed E-state index contributed by atoms with van der Waals surface area (Å²) in [4.78, 5) is 0. The van der Waals surface area contributed by atoms with Gasteiger partial charge >= 0.3 is 0 Å². The van der Waals surface area contributed by atoms with Crippen molar-refractivity contribution >= 4 is 10.8 Å². The van der Waals surface area contributed by atoms with Crippen molar-refractivity contribution in [3.8, 4) is 0 Å². The van der Waals surface area contributed by atoms with Crippen molar-refractivity contribution in [1.82, 2.24) is 0 Å². The van der Waals surface area contributed by atoms with Crippen molar-refractivity contribution in [2.75, 3.05) is 0 Å². The number of benzene rings is 2. The first-order valence-corrected chi connectivity index (χ1v) is 7.58. The molecule has 94 valence electrons. The van der Waals surface area contributed by atoms with Crippen LogP contribution in [0.5, 0.6) is 0 Å². The number of hydrogen-bond acceptors (Lipinski definition) is 1. The van der Waals surface area contributed by atoms with Crippen LogP contribution in [-0.2, 0) is 22.3 Å². The highest BCUT2D eigenvalue weighted by Crippen LogP contribution is 2.11. The van der Waals surface area contributed by atoms with Crippen LogP contribution in [-0.4, -0.2) is 4.21 Å². The van der Waals surface area contributed by atoms with Crippen LogP contribution in [0.2, 0.25) is 0 Å². The summed E-state index contributed by atoms with van der Waals surface area (Å²) in [7, 11) is -0.837. The van der Waals surface area contributed by atoms with E-state index in [9.17, 15) is 4.21 Å². The van der Waals surface area contributed by atoms with Crippen molar-refractivity contribution in [2.45, 2.75) is 25.4 Å². The molecule has 0 saturated heterocycles. The molecule has 0 aliphatic carbocycles. The van der Waals surface area contributed by atoms with E-state index in [0.717, 1.165) is 11.1 Å². The molecule has 0 saturated carbocycles. The van der Waals surface area contributed by atoms with Gasteiger partial charge in [-0.25, -0.2) is 0 Å². The molecule has 18 heavy (non-hydrogen) atoms. The average molecular weight is 258 g/mol. The van der Waals surface area contributed by atoms with E-state index in [0.29, 0.717) is 11.5 Å². The number of aryl methyl sites for hydroxylation is 2. The Bertz CT molecular complexity index is 543. The maximum Gasteiger partial charge on any atom is 0.0489 e. The fourth-order valence-corrected chi connectivity index (χ4v) is 3.13. The molecular formula is C16H18OS. The summed E-state index contributed by atoms with van der Waals surface area (Å²) in [6.07, 6.45) is 0. The maximum atomic E-state index is 12.1. The Kier molecular flexibility index (Phi) is 4.32. The van der Waals surface area contributed by atoms with Gasteiger partial charge in [0.05, 0.1) is 0 Å². The SMILES string of the molecule is Cc1ccc(CS(=O)Cc2cccc(C)c2)cc1. The monoisotopic (exact) mass is 258 g/mol. The van der Waals surface area contributed by atoms with E-state index in [1.165, 1.54) is 11.1 Å². The van der Waals surface area contributed by atoms with Gasteiger partial charge in [0.25, 0.3) is 0 Å². The Balaban J connectivity index is 1.98. The predicted octanol–water partition coefficient (Wildman–Crippen LogP) is 3.75. The molecule has 2 heteroatoms. The summed E-state index contributed by atoms with van der Waals surface area (Å²) < 4.78 is 12.1. The van der Waals surface area contributed by atoms with Gasteiger partial charge in [-0.3, -0.25) is 4.21 Å². The van der Waals surface area contributed by atoms with Gasteiger partial charge in [-0.1, -0.05) is 59.7 Å². The average Bonchev–Trinajstić information content (AvgIpc) is 2.32. The molecule has 0 radical (unpaired) electrons. The second-order valence-electron chi connectivity index (χ2n) is 4.70. The minimum atomic E-state index is -0.837. The maximum absolute atomic E-state index is 12.1. The van der Waals surface area contributed by atoms with Gasteiger partial charge in [0.1, 0.15) is 0 Å². The third-order valence-electron chi connectivity index (χ3n) is 2.86. The van der Waals surface area contributed by atoms with Gasteiger partial charge in [0.15, 0.2) is 0 Å². The van der Waals surface area contributed by atoms with Crippen LogP contribution >= 0.6 is 0 Å². The molecule has 0 aliphatic rings. The number of rotatable bonds is 4. The van der Waals surface area contributed by atoms with Gasteiger partial charge in [-0.05, 0) is 25.0 Å². The highest BCUT2D eigenvalue weighted by atomic mass is 32.2. The second-order valence-corrected chi connectivity index (χ2v) is 6.16. The van der Waals surface area contributed by atoms with Crippen LogP contribution in [0.15, 0.2) is 48.5 Å². The van der Waals surface area contributed by atoms with Gasteiger partial charge < -0.3 is 0 Å². The summed E-state index contributed by atoms with van der Waals surface area (Å²) in [6, 6.07) is 16.5. The minimum absolute atomic E-state index is 0.633. The lowest BCUT2D eigenvalue weighted by Gasteiger charge is -2.04. The van der Waals surface area contributed by atoms with Crippen LogP contribution in [0.25, 0.3) is 0 Å². The second kappa shape index (κ2) is 5.96. The molecule has 0 N–H and O–H groups in total. The first kappa shape index (κ1) is 13.0. The zero-order valence-electron chi connectivity index (χ0n) is 10.8. The molecule has 0 bridgehead atoms. The fraction of sp³-hybridized carbons (Fsp3) is 0.250. The van der Waals surface area contributed by atoms with E-state index >= 15 is 0 Å². The fourth-order valence-electron chi connectivity index (χ4n) is 1.91. The Morgan fingerprint density at radius 2 is 1.50 bits per heavy atom. The van der Waals surface area contributed by atoms with Crippen molar-refractivity contribution in [3.05, 3.63) is 70.8 Å². The van der Waals surface area contributed by atoms with E-state index < -0.39 is 10.8 Å². The molecule has 2 aromatic rings. The largest absolute Gasteiger partial charge is 0.259 e. The molecule has 0 amide bonds. The van der Waals surface area contributed by atoms with Crippen molar-refractivity contribution in [2.24, 2.45) is 0 Å². The van der Waals surface area contributed by atoms with E-state index in [1.54, 1.807) is 0 Å². The Labute approximate surface area is 111 Å². The first-order chi connectivity index (χ1) is 8.63. The molecule has 1 atom stereocenters. The van der Waals surface area contributed by atoms with Gasteiger partial charge in [0, 0.05) is 22.3 Å². The summed E-state index contributed by atoms with van der Waals surface area (Å²) in [5.41, 5.74) is 4.76. The molecule has 0 aromatic heterocycles. The molecular weight excluding hydrogens is 240 g/mol. The van der Waals surface area contributed by atoms with Crippen LogP contribution < -0.4 is 0 Å². The number of hydrogen-bond donors (Lipinski definition) is 0. The smallest absolute Gasteiger partial charge is 0.0489 e. The third kappa shape index (κ3) is 3.81. The molecule has 0 fully saturated rings. The lowest BCUT2D eigenvalue weighted by molar-refractivity contribution is 0.682. The first-order valence-electron chi connectivity index (χ1n) is 6.09. The zero-order chi connectivity index (χ0) is 13.0. The van der Waals surface area contributed by atoms with Gasteiger partial charge in [-0.15, -0.1) is 0 Å². The van der Waals surface area contributed by atoms with Crippen LogP contribution in [0, 0.1) is 13.8 Å². The van der Waals surface area contributed by atoms with Crippen molar-refractivity contribution in [1.29, 1.82) is 0 Å². The zero-order valence-corrected chi connectivity index (χ0v) is 11.7. The molecule has 2 rings (SSSR count). The molecule has 0 heterocycles. The van der Waals surface area contributed by atoms with Crippen molar-refractivity contribution < 1.29 is 4.21 Å². The van der Waals surface area contributed by atoms with E-state index in [4.69, 9.17) is 0 Å². The lowest BCUT2D eigenvalue weighted by atomic mass is 10.2. The summed E-state index contributed by atoms with van der Waals surface area (Å²) in [5, 5.41) is 0. The topological polar surface area (TPSA) is 17.1 Å². The molecule has 1 unspecified atom stereocenters. The predicted molar refractivity (Wildman–Crippen MR) is 77.9 cm³/mol. The molecule has 1 nitrogen and oxygen atoms in total. The Morgan fingerprint density at radius 3 is 2.17 bits per heavy atom. The van der Waals surface area contributed by atoms with E-state index in [1.807, 2.05) is 12.1 Å². The highest BCUT2D eigenvalue weighted by Gasteiger charge is 2.03. The quantitative estimate of drug-likeness (QED) is 0.816. The van der Waals surface area contributed by atoms with Gasteiger partial charge in [0.2, 0.25) is 0 Å². The minimum Gasteiger partial charge on any atom is -0.259 e. The molecule has 2 aromatic carbocycles. The molecule has 0 aliphatic heterocycles. The third-order valence-corrected chi connectivity index (χ3v) is 4.17. The summed E-state index contributed by atoms with van der Waals surface area (Å²) in [5.74, 6) is 1.27. The standard InChI is InChI=1S/C16H18OS/c1-13-6-8-15(9-7-13)11-18(17)12-16-5-3-4-14(2)10-16/h3-10H,11-12H2,1-2H3.